The van der Waals surface area contributed by atoms with Gasteiger partial charge in [0.1, 0.15) is 0 Å². The largest absolute Gasteiger partial charge is 0.0746 e. The first-order valence-electron chi connectivity index (χ1n) is 1.92. The van der Waals surface area contributed by atoms with E-state index in [-0.39, 0.29) is 0 Å². The topological polar surface area (TPSA) is 0 Å². The fourth-order valence-electron chi connectivity index (χ4n) is 0.181. The third kappa shape index (κ3) is 6.94. The Labute approximate surface area is 71.3 Å². The van der Waals surface area contributed by atoms with Gasteiger partial charge in [-0.25, -0.2) is 0 Å². The molecule has 0 saturated carbocycles. The Bertz CT molecular complexity index is 64.1. The first-order chi connectivity index (χ1) is 3.41. The minimum absolute atomic E-state index is 1.06. The summed E-state index contributed by atoms with van der Waals surface area (Å²) in [5, 5.41) is 0. The molecule has 0 nitrogen and oxygen atoms in total. The molecule has 0 atom stereocenters. The molecule has 0 aliphatic heterocycles. The highest BCUT2D eigenvalue weighted by molar-refractivity contribution is 14.1. The lowest BCUT2D eigenvalue weighted by Crippen LogP contribution is -1.48. The van der Waals surface area contributed by atoms with E-state index >= 15 is 0 Å². The summed E-state index contributed by atoms with van der Waals surface area (Å²) in [6.07, 6.45) is 5.28. The highest BCUT2D eigenvalue weighted by atomic mass is 127. The van der Waals surface area contributed by atoms with E-state index in [1.807, 2.05) is 8.17 Å². The molecule has 7 heavy (non-hydrogen) atoms. The maximum atomic E-state index is 2.21. The van der Waals surface area contributed by atoms with Crippen LogP contribution in [-0.2, 0) is 0 Å². The molecule has 0 unspecified atom stereocenters. The van der Waals surface area contributed by atoms with Crippen LogP contribution in [0.2, 0.25) is 0 Å². The average molecular weight is 320 g/mol. The highest BCUT2D eigenvalue weighted by Crippen LogP contribution is 1.92. The minimum Gasteiger partial charge on any atom is -0.0746 e. The zero-order valence-electron chi connectivity index (χ0n) is 3.77. The predicted octanol–water partition coefficient (Wildman–Crippen LogP) is 3.27. The summed E-state index contributed by atoms with van der Waals surface area (Å²) in [5.41, 5.74) is 0. The molecule has 0 saturated heterocycles. The summed E-state index contributed by atoms with van der Waals surface area (Å²) in [4.78, 5) is 0. The first kappa shape index (κ1) is 7.94. The number of rotatable bonds is 2. The van der Waals surface area contributed by atoms with Gasteiger partial charge in [-0.05, 0) is 14.6 Å². The van der Waals surface area contributed by atoms with Crippen molar-refractivity contribution in [1.82, 2.24) is 0 Å². The lowest BCUT2D eigenvalue weighted by Gasteiger charge is -1.71. The van der Waals surface area contributed by atoms with Crippen molar-refractivity contribution >= 4 is 45.2 Å². The zero-order valence-corrected chi connectivity index (χ0v) is 8.09. The summed E-state index contributed by atoms with van der Waals surface area (Å²) >= 11 is 4.42. The SMILES string of the molecule is IC=CCC=CI. The number of halogens is 2. The van der Waals surface area contributed by atoms with E-state index in [4.69, 9.17) is 0 Å². The van der Waals surface area contributed by atoms with Gasteiger partial charge < -0.3 is 0 Å². The number of hydrogen-bond acceptors (Lipinski definition) is 0. The maximum absolute atomic E-state index is 2.21. The smallest absolute Gasteiger partial charge is 0.0154 e. The van der Waals surface area contributed by atoms with Crippen molar-refractivity contribution in [3.63, 3.8) is 0 Å². The van der Waals surface area contributed by atoms with Gasteiger partial charge in [-0.1, -0.05) is 57.3 Å². The van der Waals surface area contributed by atoms with Gasteiger partial charge in [-0.2, -0.15) is 0 Å². The van der Waals surface area contributed by atoms with Crippen molar-refractivity contribution < 1.29 is 0 Å². The molecule has 0 aromatic heterocycles. The molecule has 0 aromatic carbocycles. The third-order valence-corrected chi connectivity index (χ3v) is 1.47. The Kier molecular flexibility index (Phi) is 7.87. The van der Waals surface area contributed by atoms with Gasteiger partial charge in [-0.3, -0.25) is 0 Å². The molecule has 0 bridgehead atoms. The summed E-state index contributed by atoms with van der Waals surface area (Å²) in [6.45, 7) is 0. The van der Waals surface area contributed by atoms with Crippen LogP contribution in [0.5, 0.6) is 0 Å². The van der Waals surface area contributed by atoms with Gasteiger partial charge in [-0.15, -0.1) is 0 Å². The molecule has 0 amide bonds. The molecule has 0 aromatic rings. The monoisotopic (exact) mass is 320 g/mol. The Morgan fingerprint density at radius 2 is 1.43 bits per heavy atom. The summed E-state index contributed by atoms with van der Waals surface area (Å²) in [6, 6.07) is 0. The van der Waals surface area contributed by atoms with Crippen LogP contribution in [0.25, 0.3) is 0 Å². The standard InChI is InChI=1S/C5H6I2/c6-4-2-1-3-5-7/h2-5H,1H2. The summed E-state index contributed by atoms with van der Waals surface area (Å²) in [5.74, 6) is 0. The van der Waals surface area contributed by atoms with Crippen molar-refractivity contribution in [3.05, 3.63) is 20.3 Å². The second-order valence-corrected chi connectivity index (χ2v) is 2.40. The van der Waals surface area contributed by atoms with E-state index in [0.29, 0.717) is 0 Å². The van der Waals surface area contributed by atoms with Crippen LogP contribution in [-0.4, -0.2) is 0 Å². The molecule has 0 N–H and O–H groups in total. The van der Waals surface area contributed by atoms with Crippen molar-refractivity contribution in [3.8, 4) is 0 Å². The van der Waals surface area contributed by atoms with Crippen LogP contribution < -0.4 is 0 Å². The van der Waals surface area contributed by atoms with Gasteiger partial charge in [0.25, 0.3) is 0 Å². The molecule has 0 rings (SSSR count). The van der Waals surface area contributed by atoms with Crippen LogP contribution in [0.15, 0.2) is 20.3 Å². The molecule has 0 spiro atoms. The third-order valence-electron chi connectivity index (χ3n) is 0.450. The van der Waals surface area contributed by atoms with Gasteiger partial charge >= 0.3 is 0 Å². The summed E-state index contributed by atoms with van der Waals surface area (Å²) in [7, 11) is 0. The fourth-order valence-corrected chi connectivity index (χ4v) is 0.769. The maximum Gasteiger partial charge on any atom is -0.0154 e. The normalized spacial score (nSPS) is 11.7. The Hall–Kier alpha value is 0.940. The quantitative estimate of drug-likeness (QED) is 0.685. The molecular formula is C5H6I2. The van der Waals surface area contributed by atoms with E-state index < -0.39 is 0 Å². The lowest BCUT2D eigenvalue weighted by molar-refractivity contribution is 1.42. The van der Waals surface area contributed by atoms with E-state index in [9.17, 15) is 0 Å². The van der Waals surface area contributed by atoms with Crippen LogP contribution in [0, 0.1) is 0 Å². The van der Waals surface area contributed by atoms with Gasteiger partial charge in [0.05, 0.1) is 0 Å². The molecule has 0 heterocycles. The lowest BCUT2D eigenvalue weighted by atomic mass is 10.4. The molecule has 0 aliphatic carbocycles. The minimum atomic E-state index is 1.06. The van der Waals surface area contributed by atoms with Crippen molar-refractivity contribution in [1.29, 1.82) is 0 Å². The molecule has 0 radical (unpaired) electrons. The predicted molar refractivity (Wildman–Crippen MR) is 50.9 cm³/mol. The van der Waals surface area contributed by atoms with Crippen LogP contribution >= 0.6 is 45.2 Å². The van der Waals surface area contributed by atoms with Crippen molar-refractivity contribution in [2.45, 2.75) is 6.42 Å². The Morgan fingerprint density at radius 3 is 1.71 bits per heavy atom. The molecule has 0 fully saturated rings. The fraction of sp³-hybridized carbons (Fsp3) is 0.200. The average Bonchev–Trinajstić information content (AvgIpc) is 1.69. The van der Waals surface area contributed by atoms with E-state index in [2.05, 4.69) is 57.3 Å². The van der Waals surface area contributed by atoms with Gasteiger partial charge in [0, 0.05) is 0 Å². The number of allylic oxidation sites excluding steroid dienone is 2. The van der Waals surface area contributed by atoms with Crippen LogP contribution in [0.1, 0.15) is 6.42 Å². The summed E-state index contributed by atoms with van der Waals surface area (Å²) < 4.78 is 4.04. The van der Waals surface area contributed by atoms with Gasteiger partial charge in [0.2, 0.25) is 0 Å². The van der Waals surface area contributed by atoms with Crippen molar-refractivity contribution in [2.75, 3.05) is 0 Å². The van der Waals surface area contributed by atoms with E-state index in [0.717, 1.165) is 6.42 Å². The van der Waals surface area contributed by atoms with E-state index in [1.165, 1.54) is 0 Å². The van der Waals surface area contributed by atoms with Crippen LogP contribution in [0.3, 0.4) is 0 Å². The first-order valence-corrected chi connectivity index (χ1v) is 4.41. The molecule has 2 heteroatoms. The highest BCUT2D eigenvalue weighted by Gasteiger charge is 1.63. The second kappa shape index (κ2) is 6.94. The molecular weight excluding hydrogens is 314 g/mol. The van der Waals surface area contributed by atoms with E-state index in [1.54, 1.807) is 0 Å². The van der Waals surface area contributed by atoms with Crippen molar-refractivity contribution in [2.24, 2.45) is 0 Å². The Morgan fingerprint density at radius 1 is 1.00 bits per heavy atom. The van der Waals surface area contributed by atoms with Crippen LogP contribution in [0.4, 0.5) is 0 Å². The Balaban J connectivity index is 2.98. The number of hydrogen-bond donors (Lipinski definition) is 0. The molecule has 0 aliphatic rings. The van der Waals surface area contributed by atoms with Gasteiger partial charge in [0.15, 0.2) is 0 Å². The zero-order chi connectivity index (χ0) is 5.54. The molecule has 40 valence electrons. The second-order valence-electron chi connectivity index (χ2n) is 0.959.